The third kappa shape index (κ3) is 2.33. The van der Waals surface area contributed by atoms with Crippen LogP contribution in [0.4, 0.5) is 0 Å². The lowest BCUT2D eigenvalue weighted by atomic mass is 9.67. The first kappa shape index (κ1) is 12.2. The van der Waals surface area contributed by atoms with Gasteiger partial charge >= 0.3 is 0 Å². The van der Waals surface area contributed by atoms with Crippen LogP contribution in [0, 0.1) is 0 Å². The highest BCUT2D eigenvalue weighted by Crippen LogP contribution is 2.48. The van der Waals surface area contributed by atoms with E-state index >= 15 is 0 Å². The summed E-state index contributed by atoms with van der Waals surface area (Å²) < 4.78 is 0. The quantitative estimate of drug-likeness (QED) is 0.730. The third-order valence-electron chi connectivity index (χ3n) is 4.25. The van der Waals surface area contributed by atoms with Crippen molar-refractivity contribution in [1.82, 2.24) is 0 Å². The van der Waals surface area contributed by atoms with Gasteiger partial charge in [0.2, 0.25) is 0 Å². The summed E-state index contributed by atoms with van der Waals surface area (Å²) >= 11 is 0. The molecule has 1 heteroatoms. The molecule has 1 aliphatic rings. The summed E-state index contributed by atoms with van der Waals surface area (Å²) in [6, 6.07) is 18.9. The van der Waals surface area contributed by atoms with E-state index in [1.54, 1.807) is 6.92 Å². The van der Waals surface area contributed by atoms with E-state index in [-0.39, 0.29) is 5.78 Å². The lowest BCUT2D eigenvalue weighted by Crippen LogP contribution is -2.21. The largest absolute Gasteiger partial charge is 0.295 e. The number of Topliss-reactive ketones (excluding diaryl/α,β-unsaturated/α-hetero) is 1. The zero-order valence-corrected chi connectivity index (χ0v) is 11.2. The first-order chi connectivity index (χ1) is 9.25. The van der Waals surface area contributed by atoms with Gasteiger partial charge in [0.25, 0.3) is 0 Å². The number of hydrogen-bond acceptors (Lipinski definition) is 1. The highest BCUT2D eigenvalue weighted by molar-refractivity contribution is 5.94. The Kier molecular flexibility index (Phi) is 3.20. The molecule has 2 unspecified atom stereocenters. The average molecular weight is 250 g/mol. The van der Waals surface area contributed by atoms with Gasteiger partial charge in [-0.25, -0.2) is 0 Å². The van der Waals surface area contributed by atoms with Crippen LogP contribution in [0.5, 0.6) is 0 Å². The summed E-state index contributed by atoms with van der Waals surface area (Å²) in [5.41, 5.74) is 3.61. The topological polar surface area (TPSA) is 17.1 Å². The Morgan fingerprint density at radius 1 is 0.842 bits per heavy atom. The van der Waals surface area contributed by atoms with Gasteiger partial charge in [-0.3, -0.25) is 4.79 Å². The molecule has 19 heavy (non-hydrogen) atoms. The van der Waals surface area contributed by atoms with Gasteiger partial charge in [-0.15, -0.1) is 0 Å². The molecular weight excluding hydrogens is 232 g/mol. The van der Waals surface area contributed by atoms with E-state index in [1.807, 2.05) is 12.1 Å². The maximum Gasteiger partial charge on any atom is 0.159 e. The van der Waals surface area contributed by atoms with Crippen molar-refractivity contribution in [3.8, 4) is 0 Å². The van der Waals surface area contributed by atoms with Gasteiger partial charge < -0.3 is 0 Å². The van der Waals surface area contributed by atoms with Gasteiger partial charge in [-0.1, -0.05) is 54.6 Å². The van der Waals surface area contributed by atoms with Crippen LogP contribution in [-0.2, 0) is 0 Å². The van der Waals surface area contributed by atoms with Crippen molar-refractivity contribution >= 4 is 5.78 Å². The van der Waals surface area contributed by atoms with E-state index < -0.39 is 0 Å². The SMILES string of the molecule is CC(=O)c1ccc(C2CCC2c2ccccc2)cc1. The molecule has 1 aliphatic carbocycles. The van der Waals surface area contributed by atoms with Crippen LogP contribution in [-0.4, -0.2) is 5.78 Å². The van der Waals surface area contributed by atoms with Crippen LogP contribution in [0.15, 0.2) is 54.6 Å². The zero-order valence-electron chi connectivity index (χ0n) is 11.2. The first-order valence-electron chi connectivity index (χ1n) is 6.91. The smallest absolute Gasteiger partial charge is 0.159 e. The van der Waals surface area contributed by atoms with Crippen molar-refractivity contribution in [1.29, 1.82) is 0 Å². The Bertz CT molecular complexity index is 568. The summed E-state index contributed by atoms with van der Waals surface area (Å²) in [6.07, 6.45) is 2.52. The molecule has 0 spiro atoms. The molecular formula is C18H18O. The van der Waals surface area contributed by atoms with Crippen molar-refractivity contribution in [3.05, 3.63) is 71.3 Å². The minimum atomic E-state index is 0.139. The van der Waals surface area contributed by atoms with E-state index in [0.717, 1.165) is 5.56 Å². The number of rotatable bonds is 3. The summed E-state index contributed by atoms with van der Waals surface area (Å²) in [5.74, 6) is 1.40. The number of hydrogen-bond donors (Lipinski definition) is 0. The highest BCUT2D eigenvalue weighted by Gasteiger charge is 2.32. The van der Waals surface area contributed by atoms with Crippen LogP contribution in [0.3, 0.4) is 0 Å². The van der Waals surface area contributed by atoms with E-state index in [1.165, 1.54) is 24.0 Å². The van der Waals surface area contributed by atoms with E-state index in [4.69, 9.17) is 0 Å². The van der Waals surface area contributed by atoms with Crippen molar-refractivity contribution in [2.45, 2.75) is 31.6 Å². The lowest BCUT2D eigenvalue weighted by molar-refractivity contribution is 0.101. The lowest BCUT2D eigenvalue weighted by Gasteiger charge is -2.37. The molecule has 2 aromatic carbocycles. The van der Waals surface area contributed by atoms with Crippen molar-refractivity contribution in [2.75, 3.05) is 0 Å². The van der Waals surface area contributed by atoms with Crippen molar-refractivity contribution < 1.29 is 4.79 Å². The van der Waals surface area contributed by atoms with Crippen LogP contribution in [0.1, 0.15) is 53.1 Å². The number of carbonyl (C=O) groups excluding carboxylic acids is 1. The fourth-order valence-electron chi connectivity index (χ4n) is 2.96. The molecule has 1 saturated carbocycles. The summed E-state index contributed by atoms with van der Waals surface area (Å²) in [7, 11) is 0. The maximum atomic E-state index is 11.3. The van der Waals surface area contributed by atoms with Gasteiger partial charge in [-0.2, -0.15) is 0 Å². The molecule has 0 heterocycles. The van der Waals surface area contributed by atoms with E-state index in [2.05, 4.69) is 42.5 Å². The Balaban J connectivity index is 1.81. The molecule has 0 amide bonds. The van der Waals surface area contributed by atoms with E-state index in [9.17, 15) is 4.79 Å². The number of benzene rings is 2. The fraction of sp³-hybridized carbons (Fsp3) is 0.278. The first-order valence-corrected chi connectivity index (χ1v) is 6.91. The van der Waals surface area contributed by atoms with Gasteiger partial charge in [0.15, 0.2) is 5.78 Å². The van der Waals surface area contributed by atoms with Crippen molar-refractivity contribution in [3.63, 3.8) is 0 Å². The number of ketones is 1. The molecule has 2 aromatic rings. The van der Waals surface area contributed by atoms with Crippen LogP contribution < -0.4 is 0 Å². The summed E-state index contributed by atoms with van der Waals surface area (Å²) in [5, 5.41) is 0. The monoisotopic (exact) mass is 250 g/mol. The molecule has 2 atom stereocenters. The Hall–Kier alpha value is -1.89. The molecule has 3 rings (SSSR count). The second-order valence-corrected chi connectivity index (χ2v) is 5.38. The van der Waals surface area contributed by atoms with E-state index in [0.29, 0.717) is 11.8 Å². The second kappa shape index (κ2) is 5.00. The molecule has 0 N–H and O–H groups in total. The molecule has 1 fully saturated rings. The molecule has 96 valence electrons. The standard InChI is InChI=1S/C18H18O/c1-13(19)14-7-9-16(10-8-14)18-12-11-17(18)15-5-3-2-4-6-15/h2-10,17-18H,11-12H2,1H3. The highest BCUT2D eigenvalue weighted by atomic mass is 16.1. The number of carbonyl (C=O) groups is 1. The normalized spacial score (nSPS) is 21.7. The Morgan fingerprint density at radius 3 is 1.84 bits per heavy atom. The van der Waals surface area contributed by atoms with Crippen LogP contribution >= 0.6 is 0 Å². The minimum absolute atomic E-state index is 0.139. The molecule has 0 saturated heterocycles. The van der Waals surface area contributed by atoms with Gasteiger partial charge in [0, 0.05) is 5.56 Å². The predicted octanol–water partition coefficient (Wildman–Crippen LogP) is 4.55. The molecule has 0 bridgehead atoms. The summed E-state index contributed by atoms with van der Waals surface area (Å²) in [6.45, 7) is 1.62. The minimum Gasteiger partial charge on any atom is -0.295 e. The molecule has 0 aromatic heterocycles. The molecule has 0 aliphatic heterocycles. The molecule has 0 radical (unpaired) electrons. The molecule has 1 nitrogen and oxygen atoms in total. The maximum absolute atomic E-state index is 11.3. The second-order valence-electron chi connectivity index (χ2n) is 5.38. The Labute approximate surface area is 114 Å². The van der Waals surface area contributed by atoms with Crippen LogP contribution in [0.25, 0.3) is 0 Å². The van der Waals surface area contributed by atoms with Crippen molar-refractivity contribution in [2.24, 2.45) is 0 Å². The summed E-state index contributed by atoms with van der Waals surface area (Å²) in [4.78, 5) is 11.3. The van der Waals surface area contributed by atoms with Gasteiger partial charge in [0.05, 0.1) is 0 Å². The third-order valence-corrected chi connectivity index (χ3v) is 4.25. The zero-order chi connectivity index (χ0) is 13.2. The average Bonchev–Trinajstić information content (AvgIpc) is 2.39. The van der Waals surface area contributed by atoms with Crippen LogP contribution in [0.2, 0.25) is 0 Å². The Morgan fingerprint density at radius 2 is 1.37 bits per heavy atom. The fourth-order valence-corrected chi connectivity index (χ4v) is 2.96. The predicted molar refractivity (Wildman–Crippen MR) is 77.6 cm³/mol. The van der Waals surface area contributed by atoms with Gasteiger partial charge in [-0.05, 0) is 42.7 Å². The van der Waals surface area contributed by atoms with Gasteiger partial charge in [0.1, 0.15) is 0 Å².